The van der Waals surface area contributed by atoms with Crippen molar-refractivity contribution in [3.05, 3.63) is 76.6 Å². The first-order valence-electron chi connectivity index (χ1n) is 8.28. The molecule has 0 saturated carbocycles. The van der Waals surface area contributed by atoms with E-state index < -0.39 is 6.04 Å². The zero-order valence-electron chi connectivity index (χ0n) is 14.5. The number of aromatic nitrogens is 4. The fraction of sp³-hybridized carbons (Fsp3) is 0.211. The molecule has 0 fully saturated rings. The van der Waals surface area contributed by atoms with Gasteiger partial charge in [-0.05, 0) is 30.2 Å². The quantitative estimate of drug-likeness (QED) is 0.736. The smallest absolute Gasteiger partial charge is 0.251 e. The largest absolute Gasteiger partial charge is 0.343 e. The fourth-order valence-electron chi connectivity index (χ4n) is 2.57. The molecule has 3 rings (SSSR count). The van der Waals surface area contributed by atoms with Crippen LogP contribution in [0.1, 0.15) is 35.9 Å². The Kier molecular flexibility index (Phi) is 5.17. The number of hydrogen-bond acceptors (Lipinski definition) is 5. The van der Waals surface area contributed by atoms with Crippen LogP contribution in [0.2, 0.25) is 0 Å². The summed E-state index contributed by atoms with van der Waals surface area (Å²) in [7, 11) is 0. The van der Waals surface area contributed by atoms with Gasteiger partial charge >= 0.3 is 0 Å². The van der Waals surface area contributed by atoms with Crippen LogP contribution < -0.4 is 10.9 Å². The number of amides is 1. The van der Waals surface area contributed by atoms with Gasteiger partial charge in [-0.1, -0.05) is 19.9 Å². The van der Waals surface area contributed by atoms with Crippen LogP contribution >= 0.6 is 0 Å². The number of carbonyl (C=O) groups is 1. The molecule has 1 unspecified atom stereocenters. The summed E-state index contributed by atoms with van der Waals surface area (Å²) >= 11 is 0. The molecule has 1 amide bonds. The first-order chi connectivity index (χ1) is 12.5. The molecule has 0 bridgehead atoms. The van der Waals surface area contributed by atoms with Gasteiger partial charge in [0, 0.05) is 30.2 Å². The lowest BCUT2D eigenvalue weighted by Gasteiger charge is -2.22. The second-order valence-electron chi connectivity index (χ2n) is 6.16. The molecule has 26 heavy (non-hydrogen) atoms. The van der Waals surface area contributed by atoms with E-state index in [1.165, 1.54) is 6.07 Å². The van der Waals surface area contributed by atoms with Crippen LogP contribution in [0.25, 0.3) is 11.5 Å². The number of nitrogens with one attached hydrogen (secondary N) is 2. The minimum absolute atomic E-state index is 0.0340. The van der Waals surface area contributed by atoms with Gasteiger partial charge in [-0.25, -0.2) is 4.98 Å². The highest BCUT2D eigenvalue weighted by molar-refractivity contribution is 5.94. The summed E-state index contributed by atoms with van der Waals surface area (Å²) in [4.78, 5) is 40.0. The summed E-state index contributed by atoms with van der Waals surface area (Å²) in [5.41, 5.74) is 1.26. The maximum absolute atomic E-state index is 12.5. The minimum atomic E-state index is -0.416. The lowest BCUT2D eigenvalue weighted by Crippen LogP contribution is -2.33. The number of carbonyl (C=O) groups excluding carboxylic acids is 1. The molecular weight excluding hydrogens is 330 g/mol. The van der Waals surface area contributed by atoms with E-state index in [9.17, 15) is 9.59 Å². The van der Waals surface area contributed by atoms with Crippen molar-refractivity contribution in [2.24, 2.45) is 5.92 Å². The van der Waals surface area contributed by atoms with Crippen LogP contribution in [0.3, 0.4) is 0 Å². The maximum atomic E-state index is 12.5. The topological polar surface area (TPSA) is 101 Å². The molecule has 132 valence electrons. The number of hydrogen-bond donors (Lipinski definition) is 2. The van der Waals surface area contributed by atoms with E-state index in [2.05, 4.69) is 25.3 Å². The van der Waals surface area contributed by atoms with E-state index >= 15 is 0 Å². The van der Waals surface area contributed by atoms with Crippen molar-refractivity contribution in [2.45, 2.75) is 19.9 Å². The van der Waals surface area contributed by atoms with E-state index in [1.54, 1.807) is 42.9 Å². The molecule has 3 heterocycles. The lowest BCUT2D eigenvalue weighted by molar-refractivity contribution is 0.0924. The number of nitrogens with zero attached hydrogens (tertiary/aromatic N) is 3. The van der Waals surface area contributed by atoms with Crippen molar-refractivity contribution in [1.29, 1.82) is 0 Å². The highest BCUT2D eigenvalue weighted by atomic mass is 16.1. The molecule has 7 nitrogen and oxygen atoms in total. The molecule has 0 saturated heterocycles. The predicted molar refractivity (Wildman–Crippen MR) is 97.4 cm³/mol. The third kappa shape index (κ3) is 4.00. The van der Waals surface area contributed by atoms with Gasteiger partial charge in [0.25, 0.3) is 11.5 Å². The van der Waals surface area contributed by atoms with E-state index in [-0.39, 0.29) is 17.4 Å². The van der Waals surface area contributed by atoms with Gasteiger partial charge in [-0.2, -0.15) is 0 Å². The Morgan fingerprint density at radius 1 is 1.12 bits per heavy atom. The summed E-state index contributed by atoms with van der Waals surface area (Å²) in [6, 6.07) is 9.64. The molecule has 0 aliphatic heterocycles. The van der Waals surface area contributed by atoms with Crippen molar-refractivity contribution in [1.82, 2.24) is 25.3 Å². The first-order valence-corrected chi connectivity index (χ1v) is 8.28. The summed E-state index contributed by atoms with van der Waals surface area (Å²) in [5.74, 6) is 0.163. The van der Waals surface area contributed by atoms with Crippen molar-refractivity contribution >= 4 is 5.91 Å². The van der Waals surface area contributed by atoms with Crippen LogP contribution in [0.15, 0.2) is 59.8 Å². The van der Waals surface area contributed by atoms with Gasteiger partial charge in [0.05, 0.1) is 11.7 Å². The summed E-state index contributed by atoms with van der Waals surface area (Å²) in [5, 5.41) is 2.95. The zero-order valence-corrected chi connectivity index (χ0v) is 14.5. The highest BCUT2D eigenvalue weighted by Gasteiger charge is 2.22. The normalized spacial score (nSPS) is 12.0. The molecule has 0 aliphatic carbocycles. The van der Waals surface area contributed by atoms with Crippen LogP contribution in [-0.4, -0.2) is 25.8 Å². The maximum Gasteiger partial charge on any atom is 0.251 e. The number of aromatic amines is 1. The molecule has 7 heteroatoms. The fourth-order valence-corrected chi connectivity index (χ4v) is 2.57. The van der Waals surface area contributed by atoms with Crippen molar-refractivity contribution in [3.63, 3.8) is 0 Å². The Balaban J connectivity index is 1.95. The third-order valence-corrected chi connectivity index (χ3v) is 3.88. The minimum Gasteiger partial charge on any atom is -0.343 e. The molecule has 0 spiro atoms. The van der Waals surface area contributed by atoms with Crippen molar-refractivity contribution in [2.75, 3.05) is 0 Å². The summed E-state index contributed by atoms with van der Waals surface area (Å²) in [6.07, 6.45) is 4.75. The summed E-state index contributed by atoms with van der Waals surface area (Å²) < 4.78 is 0. The van der Waals surface area contributed by atoms with Gasteiger partial charge in [0.15, 0.2) is 5.82 Å². The second kappa shape index (κ2) is 7.69. The number of rotatable bonds is 5. The average Bonchev–Trinajstić information content (AvgIpc) is 2.66. The highest BCUT2D eigenvalue weighted by Crippen LogP contribution is 2.21. The van der Waals surface area contributed by atoms with Crippen molar-refractivity contribution in [3.8, 4) is 11.5 Å². The lowest BCUT2D eigenvalue weighted by atomic mass is 10.00. The molecule has 0 radical (unpaired) electrons. The van der Waals surface area contributed by atoms with Gasteiger partial charge in [-0.3, -0.25) is 19.6 Å². The van der Waals surface area contributed by atoms with Gasteiger partial charge in [-0.15, -0.1) is 0 Å². The van der Waals surface area contributed by atoms with Gasteiger partial charge < -0.3 is 10.3 Å². The molecule has 1 atom stereocenters. The van der Waals surface area contributed by atoms with Gasteiger partial charge in [0.1, 0.15) is 5.69 Å². The second-order valence-corrected chi connectivity index (χ2v) is 6.16. The zero-order chi connectivity index (χ0) is 18.5. The summed E-state index contributed by atoms with van der Waals surface area (Å²) in [6.45, 7) is 3.92. The molecule has 3 aromatic heterocycles. The Bertz CT molecular complexity index is 939. The van der Waals surface area contributed by atoms with Crippen LogP contribution in [0.4, 0.5) is 0 Å². The van der Waals surface area contributed by atoms with E-state index in [1.807, 2.05) is 19.9 Å². The average molecular weight is 349 g/mol. The van der Waals surface area contributed by atoms with Crippen LogP contribution in [0.5, 0.6) is 0 Å². The first kappa shape index (κ1) is 17.5. The molecule has 0 aromatic carbocycles. The molecule has 0 aliphatic rings. The Morgan fingerprint density at radius 2 is 1.88 bits per heavy atom. The Labute approximate surface area is 150 Å². The van der Waals surface area contributed by atoms with Gasteiger partial charge in [0.2, 0.25) is 0 Å². The number of H-pyrrole nitrogens is 1. The Morgan fingerprint density at radius 3 is 2.54 bits per heavy atom. The third-order valence-electron chi connectivity index (χ3n) is 3.88. The Hall–Kier alpha value is -3.35. The van der Waals surface area contributed by atoms with E-state index in [0.29, 0.717) is 22.8 Å². The van der Waals surface area contributed by atoms with Crippen LogP contribution in [-0.2, 0) is 0 Å². The van der Waals surface area contributed by atoms with E-state index in [4.69, 9.17) is 0 Å². The number of pyridine rings is 2. The molecular formula is C19H19N5O2. The van der Waals surface area contributed by atoms with Crippen LogP contribution in [0, 0.1) is 5.92 Å². The SMILES string of the molecule is CC(C)C(NC(=O)c1ccncc1)c1cc(=O)[nH]c(-c2ccccn2)n1. The predicted octanol–water partition coefficient (Wildman–Crippen LogP) is 2.35. The monoisotopic (exact) mass is 349 g/mol. The standard InChI is InChI=1S/C19H19N5O2/c1-12(2)17(24-19(26)13-6-9-20-10-7-13)15-11-16(25)23-18(22-15)14-5-3-4-8-21-14/h3-12,17H,1-2H3,(H,24,26)(H,22,23,25). The van der Waals surface area contributed by atoms with E-state index in [0.717, 1.165) is 0 Å². The van der Waals surface area contributed by atoms with Crippen molar-refractivity contribution < 1.29 is 4.79 Å². The molecule has 3 aromatic rings. The molecule has 2 N–H and O–H groups in total.